The van der Waals surface area contributed by atoms with Crippen molar-refractivity contribution < 1.29 is 14.3 Å². The second-order valence-electron chi connectivity index (χ2n) is 4.84. The fraction of sp³-hybridized carbons (Fsp3) is 0.286. The number of hydrogen-bond donors (Lipinski definition) is 1. The lowest BCUT2D eigenvalue weighted by Gasteiger charge is -2.25. The molecule has 0 aliphatic rings. The van der Waals surface area contributed by atoms with E-state index in [0.717, 1.165) is 11.1 Å². The minimum Gasteiger partial charge on any atom is -0.481 e. The van der Waals surface area contributed by atoms with Crippen molar-refractivity contribution in [2.75, 3.05) is 0 Å². The summed E-state index contributed by atoms with van der Waals surface area (Å²) < 4.78 is 5.30. The number of oxazole rings is 1. The molecule has 4 heteroatoms. The van der Waals surface area contributed by atoms with E-state index in [9.17, 15) is 4.79 Å². The lowest BCUT2D eigenvalue weighted by Crippen LogP contribution is -2.22. The maximum absolute atomic E-state index is 10.9. The number of carboxylic acids is 1. The Hall–Kier alpha value is -2.10. The Bertz CT molecular complexity index is 544. The van der Waals surface area contributed by atoms with E-state index in [4.69, 9.17) is 9.52 Å². The van der Waals surface area contributed by atoms with Crippen LogP contribution in [-0.4, -0.2) is 16.1 Å². The molecule has 0 atom stereocenters. The molecule has 0 aliphatic carbocycles. The van der Waals surface area contributed by atoms with Gasteiger partial charge >= 0.3 is 5.97 Å². The zero-order chi connectivity index (χ0) is 13.2. The highest BCUT2D eigenvalue weighted by Crippen LogP contribution is 2.34. The number of aromatic nitrogens is 1. The Kier molecular flexibility index (Phi) is 3.19. The van der Waals surface area contributed by atoms with Gasteiger partial charge in [-0.05, 0) is 11.6 Å². The van der Waals surface area contributed by atoms with E-state index in [1.54, 1.807) is 6.20 Å². The van der Waals surface area contributed by atoms with Crippen LogP contribution in [0.25, 0.3) is 11.5 Å². The lowest BCUT2D eigenvalue weighted by molar-refractivity contribution is -0.138. The van der Waals surface area contributed by atoms with Crippen molar-refractivity contribution in [2.24, 2.45) is 0 Å². The first-order valence-electron chi connectivity index (χ1n) is 5.72. The SMILES string of the molecule is CC(C)(CC(=O)O)c1ccccc1-c1ncco1. The molecular formula is C14H15NO3. The van der Waals surface area contributed by atoms with Crippen molar-refractivity contribution in [3.8, 4) is 11.5 Å². The van der Waals surface area contributed by atoms with Crippen LogP contribution in [0, 0.1) is 0 Å². The first kappa shape index (κ1) is 12.4. The van der Waals surface area contributed by atoms with Crippen molar-refractivity contribution in [3.05, 3.63) is 42.3 Å². The summed E-state index contributed by atoms with van der Waals surface area (Å²) in [6, 6.07) is 7.60. The summed E-state index contributed by atoms with van der Waals surface area (Å²) in [6.45, 7) is 3.81. The molecule has 0 spiro atoms. The number of benzene rings is 1. The van der Waals surface area contributed by atoms with Gasteiger partial charge in [-0.15, -0.1) is 0 Å². The van der Waals surface area contributed by atoms with Gasteiger partial charge in [-0.2, -0.15) is 0 Å². The zero-order valence-corrected chi connectivity index (χ0v) is 10.4. The summed E-state index contributed by atoms with van der Waals surface area (Å²) >= 11 is 0. The molecule has 18 heavy (non-hydrogen) atoms. The van der Waals surface area contributed by atoms with Crippen LogP contribution in [0.15, 0.2) is 41.1 Å². The molecule has 94 valence electrons. The van der Waals surface area contributed by atoms with E-state index in [1.807, 2.05) is 38.1 Å². The van der Waals surface area contributed by atoms with Gasteiger partial charge in [0.2, 0.25) is 5.89 Å². The molecule has 0 saturated carbocycles. The van der Waals surface area contributed by atoms with Gasteiger partial charge in [0.25, 0.3) is 0 Å². The van der Waals surface area contributed by atoms with E-state index in [2.05, 4.69) is 4.98 Å². The number of carbonyl (C=O) groups is 1. The van der Waals surface area contributed by atoms with E-state index in [0.29, 0.717) is 5.89 Å². The number of carboxylic acid groups (broad SMARTS) is 1. The summed E-state index contributed by atoms with van der Waals surface area (Å²) in [5.41, 5.74) is 1.29. The van der Waals surface area contributed by atoms with Gasteiger partial charge < -0.3 is 9.52 Å². The molecule has 4 nitrogen and oxygen atoms in total. The predicted molar refractivity (Wildman–Crippen MR) is 67.2 cm³/mol. The van der Waals surface area contributed by atoms with Crippen molar-refractivity contribution in [3.63, 3.8) is 0 Å². The van der Waals surface area contributed by atoms with Crippen LogP contribution in [0.4, 0.5) is 0 Å². The van der Waals surface area contributed by atoms with E-state index >= 15 is 0 Å². The van der Waals surface area contributed by atoms with E-state index in [1.165, 1.54) is 6.26 Å². The summed E-state index contributed by atoms with van der Waals surface area (Å²) in [7, 11) is 0. The maximum Gasteiger partial charge on any atom is 0.304 e. The summed E-state index contributed by atoms with van der Waals surface area (Å²) in [4.78, 5) is 15.1. The lowest BCUT2D eigenvalue weighted by atomic mass is 9.79. The van der Waals surface area contributed by atoms with Crippen LogP contribution < -0.4 is 0 Å². The average Bonchev–Trinajstić information content (AvgIpc) is 2.80. The molecule has 0 bridgehead atoms. The number of hydrogen-bond acceptors (Lipinski definition) is 3. The Balaban J connectivity index is 2.48. The van der Waals surface area contributed by atoms with E-state index < -0.39 is 11.4 Å². The zero-order valence-electron chi connectivity index (χ0n) is 10.4. The highest BCUT2D eigenvalue weighted by Gasteiger charge is 2.27. The van der Waals surface area contributed by atoms with Gasteiger partial charge in [-0.25, -0.2) is 4.98 Å². The van der Waals surface area contributed by atoms with Gasteiger partial charge in [-0.1, -0.05) is 32.0 Å². The number of nitrogens with zero attached hydrogens (tertiary/aromatic N) is 1. The molecule has 0 fully saturated rings. The molecule has 0 unspecified atom stereocenters. The fourth-order valence-electron chi connectivity index (χ4n) is 2.09. The average molecular weight is 245 g/mol. The van der Waals surface area contributed by atoms with Crippen molar-refractivity contribution in [2.45, 2.75) is 25.7 Å². The molecule has 1 aromatic heterocycles. The van der Waals surface area contributed by atoms with Crippen LogP contribution in [0.2, 0.25) is 0 Å². The van der Waals surface area contributed by atoms with Gasteiger partial charge in [0, 0.05) is 11.0 Å². The summed E-state index contributed by atoms with van der Waals surface area (Å²) in [5.74, 6) is -0.300. The van der Waals surface area contributed by atoms with Crippen LogP contribution in [0.5, 0.6) is 0 Å². The number of aliphatic carboxylic acids is 1. The minimum absolute atomic E-state index is 0.0602. The van der Waals surface area contributed by atoms with Gasteiger partial charge in [0.1, 0.15) is 6.26 Å². The molecule has 0 saturated heterocycles. The standard InChI is InChI=1S/C14H15NO3/c1-14(2,9-12(16)17)11-6-4-3-5-10(11)13-15-7-8-18-13/h3-8H,9H2,1-2H3,(H,16,17). The van der Waals surface area contributed by atoms with Gasteiger partial charge in [0.15, 0.2) is 0 Å². The Morgan fingerprint density at radius 2 is 2.11 bits per heavy atom. The Morgan fingerprint density at radius 3 is 2.72 bits per heavy atom. The van der Waals surface area contributed by atoms with Crippen LogP contribution in [0.1, 0.15) is 25.8 Å². The largest absolute Gasteiger partial charge is 0.481 e. The van der Waals surface area contributed by atoms with Crippen LogP contribution in [0.3, 0.4) is 0 Å². The molecule has 0 radical (unpaired) electrons. The fourth-order valence-corrected chi connectivity index (χ4v) is 2.09. The normalized spacial score (nSPS) is 11.4. The molecule has 2 aromatic rings. The smallest absolute Gasteiger partial charge is 0.304 e. The monoisotopic (exact) mass is 245 g/mol. The van der Waals surface area contributed by atoms with Crippen molar-refractivity contribution in [1.29, 1.82) is 0 Å². The van der Waals surface area contributed by atoms with Gasteiger partial charge in [-0.3, -0.25) is 4.79 Å². The summed E-state index contributed by atoms with van der Waals surface area (Å²) in [6.07, 6.45) is 3.15. The molecule has 0 amide bonds. The highest BCUT2D eigenvalue weighted by atomic mass is 16.4. The van der Waals surface area contributed by atoms with Crippen molar-refractivity contribution in [1.82, 2.24) is 4.98 Å². The molecule has 0 aliphatic heterocycles. The second-order valence-corrected chi connectivity index (χ2v) is 4.84. The second kappa shape index (κ2) is 4.64. The van der Waals surface area contributed by atoms with Crippen molar-refractivity contribution >= 4 is 5.97 Å². The highest BCUT2D eigenvalue weighted by molar-refractivity contribution is 5.71. The third kappa shape index (κ3) is 2.42. The van der Waals surface area contributed by atoms with Crippen LogP contribution >= 0.6 is 0 Å². The first-order valence-corrected chi connectivity index (χ1v) is 5.72. The van der Waals surface area contributed by atoms with E-state index in [-0.39, 0.29) is 6.42 Å². The Labute approximate surface area is 105 Å². The maximum atomic E-state index is 10.9. The number of rotatable bonds is 4. The molecule has 1 heterocycles. The third-order valence-corrected chi connectivity index (χ3v) is 2.91. The minimum atomic E-state index is -0.817. The van der Waals surface area contributed by atoms with Gasteiger partial charge in [0.05, 0.1) is 12.6 Å². The summed E-state index contributed by atoms with van der Waals surface area (Å²) in [5, 5.41) is 8.99. The quantitative estimate of drug-likeness (QED) is 0.899. The Morgan fingerprint density at radius 1 is 1.39 bits per heavy atom. The molecular weight excluding hydrogens is 230 g/mol. The van der Waals surface area contributed by atoms with Crippen LogP contribution in [-0.2, 0) is 10.2 Å². The third-order valence-electron chi connectivity index (χ3n) is 2.91. The molecule has 1 aromatic carbocycles. The molecule has 1 N–H and O–H groups in total. The predicted octanol–water partition coefficient (Wildman–Crippen LogP) is 3.09. The topological polar surface area (TPSA) is 63.3 Å². The molecule has 2 rings (SSSR count). The first-order chi connectivity index (χ1) is 8.50.